The Bertz CT molecular complexity index is 441. The Morgan fingerprint density at radius 1 is 1.50 bits per heavy atom. The molecule has 1 fully saturated rings. The summed E-state index contributed by atoms with van der Waals surface area (Å²) < 4.78 is 2.37. The van der Waals surface area contributed by atoms with Gasteiger partial charge in [-0.3, -0.25) is 0 Å². The molecular formula is C12H15N3S. The van der Waals surface area contributed by atoms with E-state index in [1.807, 2.05) is 11.6 Å². The molecule has 3 nitrogen and oxygen atoms in total. The smallest absolute Gasteiger partial charge is 0.139 e. The largest absolute Gasteiger partial charge is 0.341 e. The van der Waals surface area contributed by atoms with Crippen LogP contribution in [0.1, 0.15) is 18.9 Å². The zero-order valence-electron chi connectivity index (χ0n) is 9.10. The van der Waals surface area contributed by atoms with Gasteiger partial charge in [0.2, 0.25) is 0 Å². The second-order valence-electron chi connectivity index (χ2n) is 4.14. The van der Waals surface area contributed by atoms with Gasteiger partial charge in [0.05, 0.1) is 5.69 Å². The molecule has 1 unspecified atom stereocenters. The first-order valence-corrected chi connectivity index (χ1v) is 6.60. The van der Waals surface area contributed by atoms with Crippen LogP contribution in [0.15, 0.2) is 29.9 Å². The van der Waals surface area contributed by atoms with Crippen molar-refractivity contribution in [3.8, 4) is 10.7 Å². The Morgan fingerprint density at radius 3 is 3.25 bits per heavy atom. The summed E-state index contributed by atoms with van der Waals surface area (Å²) >= 11 is 1.71. The molecule has 0 spiro atoms. The monoisotopic (exact) mass is 233 g/mol. The van der Waals surface area contributed by atoms with Crippen LogP contribution in [0.3, 0.4) is 0 Å². The molecule has 0 aromatic carbocycles. The standard InChI is InChI=1S/C12H15N3S/c1-3-10(9-13-5-1)15-7-2-4-11(15)12-14-6-8-16-12/h2,4,6-8,10,13H,1,3,5,9H2. The van der Waals surface area contributed by atoms with Crippen molar-refractivity contribution in [3.05, 3.63) is 29.9 Å². The van der Waals surface area contributed by atoms with Gasteiger partial charge in [0.25, 0.3) is 0 Å². The van der Waals surface area contributed by atoms with Crippen LogP contribution in [-0.2, 0) is 0 Å². The minimum atomic E-state index is 0.586. The summed E-state index contributed by atoms with van der Waals surface area (Å²) in [6.45, 7) is 2.23. The normalized spacial score (nSPS) is 21.1. The minimum absolute atomic E-state index is 0.586. The molecule has 3 rings (SSSR count). The molecule has 1 N–H and O–H groups in total. The van der Waals surface area contributed by atoms with Gasteiger partial charge in [-0.15, -0.1) is 11.3 Å². The number of rotatable bonds is 2. The Hall–Kier alpha value is -1.13. The molecule has 1 aliphatic rings. The molecule has 0 aliphatic carbocycles. The number of hydrogen-bond acceptors (Lipinski definition) is 3. The zero-order valence-corrected chi connectivity index (χ0v) is 9.91. The van der Waals surface area contributed by atoms with E-state index in [1.54, 1.807) is 11.3 Å². The third kappa shape index (κ3) is 1.79. The lowest BCUT2D eigenvalue weighted by Gasteiger charge is -2.25. The summed E-state index contributed by atoms with van der Waals surface area (Å²) in [5.41, 5.74) is 1.25. The van der Waals surface area contributed by atoms with Crippen LogP contribution in [-0.4, -0.2) is 22.6 Å². The number of nitrogens with zero attached hydrogens (tertiary/aromatic N) is 2. The second kappa shape index (κ2) is 4.39. The number of hydrogen-bond donors (Lipinski definition) is 1. The fourth-order valence-corrected chi connectivity index (χ4v) is 2.98. The second-order valence-corrected chi connectivity index (χ2v) is 5.03. The van der Waals surface area contributed by atoms with Crippen molar-refractivity contribution in [2.75, 3.05) is 13.1 Å². The van der Waals surface area contributed by atoms with Gasteiger partial charge in [-0.05, 0) is 31.5 Å². The van der Waals surface area contributed by atoms with Crippen LogP contribution in [0.4, 0.5) is 0 Å². The van der Waals surface area contributed by atoms with Crippen LogP contribution in [0.25, 0.3) is 10.7 Å². The zero-order chi connectivity index (χ0) is 10.8. The molecule has 84 valence electrons. The highest BCUT2D eigenvalue weighted by atomic mass is 32.1. The maximum absolute atomic E-state index is 4.39. The van der Waals surface area contributed by atoms with E-state index in [0.29, 0.717) is 6.04 Å². The lowest BCUT2D eigenvalue weighted by atomic mass is 10.1. The topological polar surface area (TPSA) is 29.9 Å². The molecule has 0 radical (unpaired) electrons. The molecule has 1 aliphatic heterocycles. The third-order valence-corrected chi connectivity index (χ3v) is 3.89. The van der Waals surface area contributed by atoms with E-state index in [-0.39, 0.29) is 0 Å². The van der Waals surface area contributed by atoms with Gasteiger partial charge in [0, 0.05) is 30.4 Å². The lowest BCUT2D eigenvalue weighted by Crippen LogP contribution is -2.31. The van der Waals surface area contributed by atoms with Crippen molar-refractivity contribution in [2.45, 2.75) is 18.9 Å². The first kappa shape index (κ1) is 10.1. The van der Waals surface area contributed by atoms with E-state index < -0.39 is 0 Å². The Morgan fingerprint density at radius 2 is 2.50 bits per heavy atom. The maximum Gasteiger partial charge on any atom is 0.139 e. The molecular weight excluding hydrogens is 218 g/mol. The summed E-state index contributed by atoms with van der Waals surface area (Å²) in [4.78, 5) is 4.39. The van der Waals surface area contributed by atoms with Gasteiger partial charge in [-0.25, -0.2) is 4.98 Å². The predicted octanol–water partition coefficient (Wildman–Crippen LogP) is 2.54. The van der Waals surface area contributed by atoms with Crippen LogP contribution < -0.4 is 5.32 Å². The van der Waals surface area contributed by atoms with E-state index >= 15 is 0 Å². The third-order valence-electron chi connectivity index (χ3n) is 3.09. The SMILES string of the molecule is c1cc(-c2nccs2)n(C2CCCNC2)c1. The van der Waals surface area contributed by atoms with Crippen LogP contribution in [0, 0.1) is 0 Å². The van der Waals surface area contributed by atoms with Crippen LogP contribution in [0.2, 0.25) is 0 Å². The molecule has 0 amide bonds. The van der Waals surface area contributed by atoms with Gasteiger partial charge in [0.15, 0.2) is 0 Å². The molecule has 16 heavy (non-hydrogen) atoms. The molecule has 0 saturated carbocycles. The average molecular weight is 233 g/mol. The summed E-state index contributed by atoms with van der Waals surface area (Å²) in [5, 5.41) is 6.61. The highest BCUT2D eigenvalue weighted by molar-refractivity contribution is 7.13. The number of nitrogens with one attached hydrogen (secondary N) is 1. The molecule has 1 atom stereocenters. The van der Waals surface area contributed by atoms with Gasteiger partial charge in [-0.2, -0.15) is 0 Å². The Kier molecular flexibility index (Phi) is 2.76. The van der Waals surface area contributed by atoms with Crippen molar-refractivity contribution in [1.82, 2.24) is 14.9 Å². The van der Waals surface area contributed by atoms with Crippen molar-refractivity contribution in [1.29, 1.82) is 0 Å². The van der Waals surface area contributed by atoms with Crippen LogP contribution in [0.5, 0.6) is 0 Å². The highest BCUT2D eigenvalue weighted by Gasteiger charge is 2.17. The quantitative estimate of drug-likeness (QED) is 0.864. The molecule has 4 heteroatoms. The summed E-state index contributed by atoms with van der Waals surface area (Å²) in [6, 6.07) is 4.86. The van der Waals surface area contributed by atoms with E-state index in [9.17, 15) is 0 Å². The van der Waals surface area contributed by atoms with E-state index in [2.05, 4.69) is 33.2 Å². The summed E-state index contributed by atoms with van der Waals surface area (Å²) in [6.07, 6.45) is 6.57. The summed E-state index contributed by atoms with van der Waals surface area (Å²) in [5.74, 6) is 0. The first-order chi connectivity index (χ1) is 7.95. The molecule has 1 saturated heterocycles. The average Bonchev–Trinajstić information content (AvgIpc) is 3.01. The van der Waals surface area contributed by atoms with Crippen molar-refractivity contribution in [2.24, 2.45) is 0 Å². The lowest BCUT2D eigenvalue weighted by molar-refractivity contribution is 0.375. The minimum Gasteiger partial charge on any atom is -0.341 e. The number of piperidine rings is 1. The van der Waals surface area contributed by atoms with Crippen molar-refractivity contribution >= 4 is 11.3 Å². The fraction of sp³-hybridized carbons (Fsp3) is 0.417. The van der Waals surface area contributed by atoms with Gasteiger partial charge in [-0.1, -0.05) is 0 Å². The van der Waals surface area contributed by atoms with E-state index in [1.165, 1.54) is 18.5 Å². The molecule has 2 aromatic rings. The molecule has 0 bridgehead atoms. The number of aromatic nitrogens is 2. The Labute approximate surface area is 99.1 Å². The first-order valence-electron chi connectivity index (χ1n) is 5.72. The molecule has 3 heterocycles. The highest BCUT2D eigenvalue weighted by Crippen LogP contribution is 2.27. The van der Waals surface area contributed by atoms with Gasteiger partial charge >= 0.3 is 0 Å². The summed E-state index contributed by atoms with van der Waals surface area (Å²) in [7, 11) is 0. The van der Waals surface area contributed by atoms with Crippen LogP contribution >= 0.6 is 11.3 Å². The van der Waals surface area contributed by atoms with E-state index in [0.717, 1.165) is 18.1 Å². The molecule has 2 aromatic heterocycles. The Balaban J connectivity index is 1.92. The number of thiazole rings is 1. The van der Waals surface area contributed by atoms with Crippen molar-refractivity contribution in [3.63, 3.8) is 0 Å². The fourth-order valence-electron chi connectivity index (χ4n) is 2.31. The van der Waals surface area contributed by atoms with Gasteiger partial charge in [0.1, 0.15) is 5.01 Å². The maximum atomic E-state index is 4.39. The van der Waals surface area contributed by atoms with Gasteiger partial charge < -0.3 is 9.88 Å². The van der Waals surface area contributed by atoms with Crippen molar-refractivity contribution < 1.29 is 0 Å². The van der Waals surface area contributed by atoms with E-state index in [4.69, 9.17) is 0 Å². The predicted molar refractivity (Wildman–Crippen MR) is 66.7 cm³/mol.